The lowest BCUT2D eigenvalue weighted by molar-refractivity contribution is 0.0291. The fraction of sp³-hybridized carbons (Fsp3) is 1.00. The van der Waals surface area contributed by atoms with Gasteiger partial charge in [0.25, 0.3) is 0 Å². The molecule has 0 aromatic carbocycles. The van der Waals surface area contributed by atoms with Crippen molar-refractivity contribution in [1.82, 2.24) is 4.23 Å². The van der Waals surface area contributed by atoms with E-state index < -0.39 is 17.9 Å². The molecule has 0 radical (unpaired) electrons. The van der Waals surface area contributed by atoms with Crippen LogP contribution >= 0.6 is 0 Å². The Morgan fingerprint density at radius 1 is 0.562 bits per heavy atom. The van der Waals surface area contributed by atoms with E-state index in [9.17, 15) is 0 Å². The molecule has 7 nitrogen and oxygen atoms in total. The zero-order valence-electron chi connectivity index (χ0n) is 10.9. The second-order valence-electron chi connectivity index (χ2n) is 2.83. The Labute approximate surface area is 99.0 Å². The van der Waals surface area contributed by atoms with Crippen molar-refractivity contribution in [1.29, 1.82) is 0 Å². The standard InChI is InChI=1S/C7H21NO6Si2/c1-8(15(9-2,10-3)11-4)16(12-5,13-6)14-7/h1-7H3. The van der Waals surface area contributed by atoms with E-state index in [-0.39, 0.29) is 0 Å². The average Bonchev–Trinajstić information content (AvgIpc) is 2.35. The lowest BCUT2D eigenvalue weighted by atomic mass is 11.6. The van der Waals surface area contributed by atoms with Crippen molar-refractivity contribution >= 4 is 17.9 Å². The van der Waals surface area contributed by atoms with E-state index in [1.165, 1.54) is 42.7 Å². The van der Waals surface area contributed by atoms with E-state index in [1.54, 1.807) is 11.3 Å². The van der Waals surface area contributed by atoms with Gasteiger partial charge < -0.3 is 26.6 Å². The van der Waals surface area contributed by atoms with Crippen LogP contribution in [0.15, 0.2) is 0 Å². The average molecular weight is 271 g/mol. The maximum atomic E-state index is 5.32. The molecule has 0 fully saturated rings. The second kappa shape index (κ2) is 6.78. The van der Waals surface area contributed by atoms with Crippen LogP contribution in [0.25, 0.3) is 0 Å². The van der Waals surface area contributed by atoms with Crippen molar-refractivity contribution in [3.63, 3.8) is 0 Å². The lowest BCUT2D eigenvalue weighted by Gasteiger charge is -2.39. The van der Waals surface area contributed by atoms with Crippen LogP contribution in [0, 0.1) is 0 Å². The van der Waals surface area contributed by atoms with Crippen molar-refractivity contribution in [3.05, 3.63) is 0 Å². The molecular formula is C7H21NO6Si2. The van der Waals surface area contributed by atoms with Crippen LogP contribution in [0.5, 0.6) is 0 Å². The van der Waals surface area contributed by atoms with E-state index in [0.29, 0.717) is 0 Å². The van der Waals surface area contributed by atoms with Crippen LogP contribution in [-0.2, 0) is 26.6 Å². The summed E-state index contributed by atoms with van der Waals surface area (Å²) in [5, 5.41) is 0. The van der Waals surface area contributed by atoms with Gasteiger partial charge in [0.05, 0.1) is 0 Å². The monoisotopic (exact) mass is 271 g/mol. The topological polar surface area (TPSA) is 58.6 Å². The molecule has 0 bridgehead atoms. The minimum atomic E-state index is -3.00. The highest BCUT2D eigenvalue weighted by Gasteiger charge is 2.60. The molecule has 0 saturated carbocycles. The summed E-state index contributed by atoms with van der Waals surface area (Å²) in [6.07, 6.45) is 0. The van der Waals surface area contributed by atoms with Gasteiger partial charge in [-0.1, -0.05) is 0 Å². The Hall–Kier alpha value is 0.154. The van der Waals surface area contributed by atoms with Crippen LogP contribution in [0.2, 0.25) is 0 Å². The summed E-state index contributed by atoms with van der Waals surface area (Å²) in [6.45, 7) is 0. The van der Waals surface area contributed by atoms with Crippen LogP contribution < -0.4 is 0 Å². The van der Waals surface area contributed by atoms with Crippen LogP contribution in [0.1, 0.15) is 0 Å². The zero-order chi connectivity index (χ0) is 12.8. The van der Waals surface area contributed by atoms with Crippen molar-refractivity contribution in [2.45, 2.75) is 0 Å². The first-order valence-corrected chi connectivity index (χ1v) is 7.91. The zero-order valence-corrected chi connectivity index (χ0v) is 12.9. The minimum Gasteiger partial charge on any atom is -0.365 e. The Morgan fingerprint density at radius 3 is 0.875 bits per heavy atom. The first-order chi connectivity index (χ1) is 7.52. The molecule has 9 heteroatoms. The summed E-state index contributed by atoms with van der Waals surface area (Å²) < 4.78 is 33.6. The molecular weight excluding hydrogens is 250 g/mol. The third-order valence-corrected chi connectivity index (χ3v) is 8.75. The largest absolute Gasteiger partial charge is 0.597 e. The van der Waals surface area contributed by atoms with E-state index in [2.05, 4.69) is 0 Å². The molecule has 0 spiro atoms. The van der Waals surface area contributed by atoms with Crippen molar-refractivity contribution in [2.24, 2.45) is 0 Å². The van der Waals surface area contributed by atoms with Crippen molar-refractivity contribution in [3.8, 4) is 0 Å². The fourth-order valence-electron chi connectivity index (χ4n) is 1.49. The SMILES string of the molecule is CO[Si](OC)(OC)N(C)[Si](OC)(OC)OC. The molecule has 98 valence electrons. The van der Waals surface area contributed by atoms with Crippen LogP contribution in [0.3, 0.4) is 0 Å². The third-order valence-electron chi connectivity index (χ3n) is 2.37. The van der Waals surface area contributed by atoms with Gasteiger partial charge in [-0.05, 0) is 7.05 Å². The summed E-state index contributed by atoms with van der Waals surface area (Å²) in [5.74, 6) is 0. The maximum absolute atomic E-state index is 5.32. The smallest absolute Gasteiger partial charge is 0.365 e. The Balaban J connectivity index is 5.16. The first-order valence-electron chi connectivity index (χ1n) is 4.57. The fourth-order valence-corrected chi connectivity index (χ4v) is 7.12. The van der Waals surface area contributed by atoms with Gasteiger partial charge in [-0.25, -0.2) is 4.23 Å². The van der Waals surface area contributed by atoms with Gasteiger partial charge in [0.15, 0.2) is 0 Å². The molecule has 0 rings (SSSR count). The molecule has 0 atom stereocenters. The van der Waals surface area contributed by atoms with Gasteiger partial charge in [0.1, 0.15) is 0 Å². The molecule has 0 N–H and O–H groups in total. The van der Waals surface area contributed by atoms with Gasteiger partial charge in [-0.3, -0.25) is 0 Å². The lowest BCUT2D eigenvalue weighted by Crippen LogP contribution is -2.71. The molecule has 0 aliphatic carbocycles. The molecule has 0 aliphatic heterocycles. The number of hydrogen-bond donors (Lipinski definition) is 0. The molecule has 16 heavy (non-hydrogen) atoms. The summed E-state index contributed by atoms with van der Waals surface area (Å²) in [5.41, 5.74) is 0. The molecule has 0 heterocycles. The molecule has 0 unspecified atom stereocenters. The van der Waals surface area contributed by atoms with E-state index >= 15 is 0 Å². The highest BCUT2D eigenvalue weighted by molar-refractivity contribution is 6.74. The number of nitrogens with zero attached hydrogens (tertiary/aromatic N) is 1. The summed E-state index contributed by atoms with van der Waals surface area (Å²) in [4.78, 5) is 0. The van der Waals surface area contributed by atoms with Gasteiger partial charge in [0, 0.05) is 42.7 Å². The maximum Gasteiger partial charge on any atom is 0.597 e. The summed E-state index contributed by atoms with van der Waals surface area (Å²) >= 11 is 0. The van der Waals surface area contributed by atoms with Gasteiger partial charge >= 0.3 is 17.9 Å². The third kappa shape index (κ3) is 2.69. The van der Waals surface area contributed by atoms with E-state index in [0.717, 1.165) is 0 Å². The van der Waals surface area contributed by atoms with Gasteiger partial charge in [-0.2, -0.15) is 0 Å². The van der Waals surface area contributed by atoms with Crippen LogP contribution in [0.4, 0.5) is 0 Å². The highest BCUT2D eigenvalue weighted by atomic mass is 28.5. The quantitative estimate of drug-likeness (QED) is 0.560. The van der Waals surface area contributed by atoms with Crippen molar-refractivity contribution in [2.75, 3.05) is 49.7 Å². The van der Waals surface area contributed by atoms with Gasteiger partial charge in [-0.15, -0.1) is 0 Å². The van der Waals surface area contributed by atoms with Gasteiger partial charge in [0.2, 0.25) is 0 Å². The Kier molecular flexibility index (Phi) is 6.85. The second-order valence-corrected chi connectivity index (χ2v) is 9.17. The van der Waals surface area contributed by atoms with Crippen LogP contribution in [-0.4, -0.2) is 71.9 Å². The normalized spacial score (nSPS) is 13.5. The minimum absolute atomic E-state index is 1.51. The van der Waals surface area contributed by atoms with E-state index in [4.69, 9.17) is 26.6 Å². The van der Waals surface area contributed by atoms with Crippen molar-refractivity contribution < 1.29 is 26.6 Å². The highest BCUT2D eigenvalue weighted by Crippen LogP contribution is 2.20. The summed E-state index contributed by atoms with van der Waals surface area (Å²) in [6, 6.07) is 0. The first kappa shape index (κ1) is 16.2. The van der Waals surface area contributed by atoms with E-state index in [1.807, 2.05) is 0 Å². The predicted molar refractivity (Wildman–Crippen MR) is 61.3 cm³/mol. The molecule has 0 aromatic rings. The molecule has 0 amide bonds. The molecule has 0 saturated heterocycles. The number of rotatable bonds is 8. The molecule has 0 aromatic heterocycles. The summed E-state index contributed by atoms with van der Waals surface area (Å²) in [7, 11) is 4.79. The predicted octanol–water partition coefficient (Wildman–Crippen LogP) is -0.332. The number of hydrogen-bond acceptors (Lipinski definition) is 7. The molecule has 0 aliphatic rings. The Bertz CT molecular complexity index is 163. The Morgan fingerprint density at radius 2 is 0.750 bits per heavy atom.